The van der Waals surface area contributed by atoms with Gasteiger partial charge in [0.15, 0.2) is 11.5 Å². The van der Waals surface area contributed by atoms with Crippen LogP contribution in [0.1, 0.15) is 142 Å². The Balaban J connectivity index is 2.56. The van der Waals surface area contributed by atoms with E-state index in [1.54, 1.807) is 0 Å². The van der Waals surface area contributed by atoms with Crippen molar-refractivity contribution in [2.75, 3.05) is 53.4 Å². The van der Waals surface area contributed by atoms with Crippen LogP contribution in [0.25, 0.3) is 0 Å². The summed E-state index contributed by atoms with van der Waals surface area (Å²) in [6.07, 6.45) is 26.7. The SMILES string of the molecule is CCCCCCCCCCCCOc1ccc(N(C)C(N(C)C)=[N+](C)C)cc1OCCCCCCCCCCCC. The smallest absolute Gasteiger partial charge is 0.354 e. The summed E-state index contributed by atoms with van der Waals surface area (Å²) in [5.74, 6) is 2.86. The van der Waals surface area contributed by atoms with E-state index < -0.39 is 0 Å². The minimum absolute atomic E-state index is 0.746. The second-order valence-corrected chi connectivity index (χ2v) is 12.3. The van der Waals surface area contributed by atoms with Crippen molar-refractivity contribution in [3.63, 3.8) is 0 Å². The molecule has 0 radical (unpaired) electrons. The molecule has 1 rings (SSSR count). The van der Waals surface area contributed by atoms with Crippen molar-refractivity contribution in [1.82, 2.24) is 4.90 Å². The standard InChI is InChI=1S/C36H68N3O2/c1-8-10-12-14-16-18-20-22-24-26-30-40-34-29-28-33(39(7)36(37(3)4)38(5)6)32-35(34)41-31-27-25-23-21-19-17-15-13-11-9-2/h28-29,32H,8-27,30-31H2,1-7H3/q+1. The first-order valence-electron chi connectivity index (χ1n) is 17.3. The first kappa shape index (κ1) is 37.1. The Kier molecular flexibility index (Phi) is 22.3. The maximum absolute atomic E-state index is 6.36. The highest BCUT2D eigenvalue weighted by molar-refractivity contribution is 5.92. The molecule has 238 valence electrons. The van der Waals surface area contributed by atoms with Gasteiger partial charge in [-0.3, -0.25) is 9.48 Å². The Hall–Kier alpha value is -1.91. The lowest BCUT2D eigenvalue weighted by Gasteiger charge is -2.22. The summed E-state index contributed by atoms with van der Waals surface area (Å²) in [5, 5.41) is 0. The summed E-state index contributed by atoms with van der Waals surface area (Å²) in [6, 6.07) is 6.39. The number of anilines is 1. The fraction of sp³-hybridized carbons (Fsp3) is 0.806. The van der Waals surface area contributed by atoms with E-state index in [9.17, 15) is 0 Å². The molecule has 0 aliphatic heterocycles. The molecule has 1 aromatic rings. The van der Waals surface area contributed by atoms with Gasteiger partial charge >= 0.3 is 5.96 Å². The van der Waals surface area contributed by atoms with Crippen LogP contribution in [-0.2, 0) is 0 Å². The number of hydrogen-bond acceptors (Lipinski definition) is 2. The Labute approximate surface area is 255 Å². The van der Waals surface area contributed by atoms with Crippen LogP contribution < -0.4 is 14.4 Å². The number of benzene rings is 1. The Morgan fingerprint density at radius 1 is 0.561 bits per heavy atom. The van der Waals surface area contributed by atoms with Gasteiger partial charge in [0, 0.05) is 6.07 Å². The molecular formula is C36H68N3O2+. The highest BCUT2D eigenvalue weighted by Crippen LogP contribution is 2.32. The summed E-state index contributed by atoms with van der Waals surface area (Å²) >= 11 is 0. The van der Waals surface area contributed by atoms with E-state index in [2.05, 4.69) is 81.7 Å². The molecule has 0 aliphatic rings. The quantitative estimate of drug-likeness (QED) is 0.0503. The second kappa shape index (κ2) is 24.7. The average Bonchev–Trinajstić information content (AvgIpc) is 2.94. The molecule has 0 saturated heterocycles. The molecule has 0 aliphatic carbocycles. The minimum atomic E-state index is 0.746. The molecule has 0 saturated carbocycles. The van der Waals surface area contributed by atoms with E-state index in [-0.39, 0.29) is 0 Å². The van der Waals surface area contributed by atoms with Gasteiger partial charge in [0.25, 0.3) is 0 Å². The van der Waals surface area contributed by atoms with Crippen LogP contribution in [0.3, 0.4) is 0 Å². The van der Waals surface area contributed by atoms with Gasteiger partial charge in [0.1, 0.15) is 5.69 Å². The normalized spacial score (nSPS) is 11.0. The maximum Gasteiger partial charge on any atom is 0.354 e. The molecule has 0 N–H and O–H groups in total. The third-order valence-electron chi connectivity index (χ3n) is 7.93. The molecule has 1 aromatic carbocycles. The number of guanidine groups is 1. The number of unbranched alkanes of at least 4 members (excludes halogenated alkanes) is 18. The van der Waals surface area contributed by atoms with Crippen LogP contribution in [-0.4, -0.2) is 63.9 Å². The Morgan fingerprint density at radius 3 is 1.34 bits per heavy atom. The van der Waals surface area contributed by atoms with Crippen molar-refractivity contribution < 1.29 is 14.0 Å². The number of ether oxygens (including phenoxy) is 2. The van der Waals surface area contributed by atoms with Crippen LogP contribution in [0.5, 0.6) is 11.5 Å². The predicted octanol–water partition coefficient (Wildman–Crippen LogP) is 9.91. The molecule has 0 bridgehead atoms. The van der Waals surface area contributed by atoms with Gasteiger partial charge in [-0.15, -0.1) is 0 Å². The number of hydrogen-bond donors (Lipinski definition) is 0. The zero-order valence-corrected chi connectivity index (χ0v) is 28.4. The zero-order valence-electron chi connectivity index (χ0n) is 28.4. The van der Waals surface area contributed by atoms with E-state index >= 15 is 0 Å². The zero-order chi connectivity index (χ0) is 30.1. The summed E-state index contributed by atoms with van der Waals surface area (Å²) in [4.78, 5) is 4.35. The molecular weight excluding hydrogens is 506 g/mol. The molecule has 0 aromatic heterocycles. The van der Waals surface area contributed by atoms with E-state index in [4.69, 9.17) is 9.47 Å². The maximum atomic E-state index is 6.36. The van der Waals surface area contributed by atoms with E-state index in [0.717, 1.165) is 49.2 Å². The molecule has 0 unspecified atom stereocenters. The highest BCUT2D eigenvalue weighted by atomic mass is 16.5. The van der Waals surface area contributed by atoms with Gasteiger partial charge in [0.05, 0.1) is 48.5 Å². The molecule has 41 heavy (non-hydrogen) atoms. The van der Waals surface area contributed by atoms with Crippen molar-refractivity contribution >= 4 is 11.6 Å². The fourth-order valence-electron chi connectivity index (χ4n) is 5.60. The van der Waals surface area contributed by atoms with Crippen molar-refractivity contribution in [3.8, 4) is 11.5 Å². The van der Waals surface area contributed by atoms with Gasteiger partial charge in [0.2, 0.25) is 0 Å². The molecule has 5 nitrogen and oxygen atoms in total. The lowest BCUT2D eigenvalue weighted by Crippen LogP contribution is -2.43. The predicted molar refractivity (Wildman–Crippen MR) is 180 cm³/mol. The minimum Gasteiger partial charge on any atom is -0.490 e. The first-order chi connectivity index (χ1) is 19.9. The monoisotopic (exact) mass is 575 g/mol. The lowest BCUT2D eigenvalue weighted by molar-refractivity contribution is -0.470. The van der Waals surface area contributed by atoms with Crippen molar-refractivity contribution in [3.05, 3.63) is 18.2 Å². The third kappa shape index (κ3) is 17.6. The van der Waals surface area contributed by atoms with Gasteiger partial charge < -0.3 is 9.47 Å². The number of rotatable bonds is 25. The van der Waals surface area contributed by atoms with Crippen LogP contribution in [0, 0.1) is 0 Å². The van der Waals surface area contributed by atoms with Gasteiger partial charge in [-0.1, -0.05) is 129 Å². The first-order valence-corrected chi connectivity index (χ1v) is 17.3. The summed E-state index contributed by atoms with van der Waals surface area (Å²) in [7, 11) is 10.4. The topological polar surface area (TPSA) is 27.9 Å². The van der Waals surface area contributed by atoms with Gasteiger partial charge in [-0.2, -0.15) is 0 Å². The van der Waals surface area contributed by atoms with Crippen molar-refractivity contribution in [2.45, 2.75) is 142 Å². The van der Waals surface area contributed by atoms with Crippen molar-refractivity contribution in [1.29, 1.82) is 0 Å². The number of nitrogens with zero attached hydrogens (tertiary/aromatic N) is 3. The largest absolute Gasteiger partial charge is 0.490 e. The molecule has 0 fully saturated rings. The van der Waals surface area contributed by atoms with Gasteiger partial charge in [-0.25, -0.2) is 4.90 Å². The lowest BCUT2D eigenvalue weighted by atomic mass is 10.1. The van der Waals surface area contributed by atoms with Gasteiger partial charge in [-0.05, 0) is 25.0 Å². The van der Waals surface area contributed by atoms with Crippen LogP contribution in [0.4, 0.5) is 5.69 Å². The summed E-state index contributed by atoms with van der Waals surface area (Å²) in [6.45, 7) is 6.07. The van der Waals surface area contributed by atoms with Crippen LogP contribution in [0.2, 0.25) is 0 Å². The van der Waals surface area contributed by atoms with Crippen LogP contribution in [0.15, 0.2) is 18.2 Å². The van der Waals surface area contributed by atoms with Crippen LogP contribution >= 0.6 is 0 Å². The highest BCUT2D eigenvalue weighted by Gasteiger charge is 2.22. The molecule has 0 spiro atoms. The molecule has 0 heterocycles. The van der Waals surface area contributed by atoms with Crippen molar-refractivity contribution in [2.24, 2.45) is 0 Å². The van der Waals surface area contributed by atoms with E-state index in [1.165, 1.54) is 116 Å². The Morgan fingerprint density at radius 2 is 0.951 bits per heavy atom. The molecule has 0 amide bonds. The van der Waals surface area contributed by atoms with E-state index in [0.29, 0.717) is 0 Å². The Bertz CT molecular complexity index is 789. The molecule has 5 heteroatoms. The third-order valence-corrected chi connectivity index (χ3v) is 7.93. The summed E-state index contributed by atoms with van der Waals surface area (Å²) in [5.41, 5.74) is 1.10. The van der Waals surface area contributed by atoms with E-state index in [1.807, 2.05) is 0 Å². The summed E-state index contributed by atoms with van der Waals surface area (Å²) < 4.78 is 14.8. The average molecular weight is 575 g/mol. The second-order valence-electron chi connectivity index (χ2n) is 12.3. The fourth-order valence-corrected chi connectivity index (χ4v) is 5.60. The molecule has 0 atom stereocenters.